The van der Waals surface area contributed by atoms with Gasteiger partial charge < -0.3 is 10.5 Å². The molecule has 4 nitrogen and oxygen atoms in total. The lowest BCUT2D eigenvalue weighted by Crippen LogP contribution is -2.38. The molecule has 1 aromatic carbocycles. The Balaban J connectivity index is 2.97. The number of hydrogen-bond acceptors (Lipinski definition) is 3. The molecule has 0 aliphatic rings. The van der Waals surface area contributed by atoms with E-state index in [9.17, 15) is 13.6 Å². The number of primary amides is 1. The lowest BCUT2D eigenvalue weighted by atomic mass is 10.1. The predicted molar refractivity (Wildman–Crippen MR) is 75.5 cm³/mol. The first-order chi connectivity index (χ1) is 9.29. The van der Waals surface area contributed by atoms with Crippen molar-refractivity contribution in [2.75, 3.05) is 6.54 Å². The summed E-state index contributed by atoms with van der Waals surface area (Å²) >= 11 is 3.29. The molecule has 0 aliphatic carbocycles. The van der Waals surface area contributed by atoms with E-state index < -0.39 is 12.5 Å². The third kappa shape index (κ3) is 5.42. The molecule has 7 heteroatoms. The number of amides is 1. The maximum absolute atomic E-state index is 12.4. The van der Waals surface area contributed by atoms with Crippen LogP contribution in [0.4, 0.5) is 8.78 Å². The van der Waals surface area contributed by atoms with Crippen molar-refractivity contribution in [2.45, 2.75) is 33.0 Å². The third-order valence-corrected chi connectivity index (χ3v) is 3.19. The Labute approximate surface area is 125 Å². The van der Waals surface area contributed by atoms with Crippen molar-refractivity contribution >= 4 is 21.8 Å². The van der Waals surface area contributed by atoms with Crippen LogP contribution in [-0.2, 0) is 11.3 Å². The monoisotopic (exact) mass is 350 g/mol. The van der Waals surface area contributed by atoms with Crippen LogP contribution in [0, 0.1) is 0 Å². The first-order valence-electron chi connectivity index (χ1n) is 6.05. The molecule has 20 heavy (non-hydrogen) atoms. The van der Waals surface area contributed by atoms with Crippen LogP contribution in [-0.4, -0.2) is 30.0 Å². The molecule has 1 aromatic rings. The Kier molecular flexibility index (Phi) is 6.35. The van der Waals surface area contributed by atoms with Gasteiger partial charge in [-0.15, -0.1) is 0 Å². The van der Waals surface area contributed by atoms with E-state index in [1.165, 1.54) is 6.07 Å². The lowest BCUT2D eigenvalue weighted by molar-refractivity contribution is -0.119. The second-order valence-electron chi connectivity index (χ2n) is 4.60. The van der Waals surface area contributed by atoms with Crippen LogP contribution in [0.3, 0.4) is 0 Å². The number of carbonyl (C=O) groups is 1. The maximum Gasteiger partial charge on any atom is 0.387 e. The van der Waals surface area contributed by atoms with Crippen molar-refractivity contribution in [1.82, 2.24) is 4.90 Å². The van der Waals surface area contributed by atoms with Gasteiger partial charge >= 0.3 is 6.61 Å². The van der Waals surface area contributed by atoms with Crippen LogP contribution in [0.2, 0.25) is 0 Å². The molecule has 0 bridgehead atoms. The van der Waals surface area contributed by atoms with E-state index in [4.69, 9.17) is 5.73 Å². The molecule has 1 rings (SSSR count). The Morgan fingerprint density at radius 3 is 2.60 bits per heavy atom. The molecule has 1 amide bonds. The second-order valence-corrected chi connectivity index (χ2v) is 5.51. The highest BCUT2D eigenvalue weighted by atomic mass is 79.9. The zero-order chi connectivity index (χ0) is 15.3. The fraction of sp³-hybridized carbons (Fsp3) is 0.462. The lowest BCUT2D eigenvalue weighted by Gasteiger charge is -2.26. The summed E-state index contributed by atoms with van der Waals surface area (Å²) < 4.78 is 30.0. The zero-order valence-electron chi connectivity index (χ0n) is 11.3. The standard InChI is InChI=1S/C13H17BrF2N2O2/c1-8(2)18(7-12(17)19)6-9-5-10(14)3-4-11(9)20-13(15)16/h3-5,8,13H,6-7H2,1-2H3,(H2,17,19). The maximum atomic E-state index is 12.4. The molecular weight excluding hydrogens is 334 g/mol. The van der Waals surface area contributed by atoms with Crippen molar-refractivity contribution in [3.05, 3.63) is 28.2 Å². The first kappa shape index (κ1) is 16.8. The average Bonchev–Trinajstić information content (AvgIpc) is 2.30. The van der Waals surface area contributed by atoms with Crippen LogP contribution in [0.1, 0.15) is 19.4 Å². The molecule has 0 atom stereocenters. The molecule has 0 spiro atoms. The van der Waals surface area contributed by atoms with Crippen LogP contribution >= 0.6 is 15.9 Å². The zero-order valence-corrected chi connectivity index (χ0v) is 12.9. The Hall–Kier alpha value is -1.21. The first-order valence-corrected chi connectivity index (χ1v) is 6.84. The van der Waals surface area contributed by atoms with Crippen molar-refractivity contribution < 1.29 is 18.3 Å². The molecule has 0 aromatic heterocycles. The van der Waals surface area contributed by atoms with Crippen molar-refractivity contribution in [3.63, 3.8) is 0 Å². The van der Waals surface area contributed by atoms with Gasteiger partial charge in [-0.25, -0.2) is 0 Å². The van der Waals surface area contributed by atoms with Gasteiger partial charge in [0.1, 0.15) is 5.75 Å². The van der Waals surface area contributed by atoms with E-state index in [-0.39, 0.29) is 18.3 Å². The largest absolute Gasteiger partial charge is 0.434 e. The van der Waals surface area contributed by atoms with E-state index in [0.717, 1.165) is 4.47 Å². The van der Waals surface area contributed by atoms with Gasteiger partial charge in [0.15, 0.2) is 0 Å². The minimum atomic E-state index is -2.89. The summed E-state index contributed by atoms with van der Waals surface area (Å²) in [7, 11) is 0. The van der Waals surface area contributed by atoms with Gasteiger partial charge in [-0.3, -0.25) is 9.69 Å². The van der Waals surface area contributed by atoms with Crippen molar-refractivity contribution in [3.8, 4) is 5.75 Å². The van der Waals surface area contributed by atoms with Gasteiger partial charge in [0.2, 0.25) is 5.91 Å². The molecule has 0 saturated carbocycles. The second kappa shape index (κ2) is 7.54. The van der Waals surface area contributed by atoms with Gasteiger partial charge in [0.05, 0.1) is 6.54 Å². The topological polar surface area (TPSA) is 55.6 Å². The van der Waals surface area contributed by atoms with Crippen molar-refractivity contribution in [1.29, 1.82) is 0 Å². The summed E-state index contributed by atoms with van der Waals surface area (Å²) in [5.74, 6) is -0.372. The molecule has 2 N–H and O–H groups in total. The molecule has 0 radical (unpaired) electrons. The Morgan fingerprint density at radius 2 is 2.10 bits per heavy atom. The summed E-state index contributed by atoms with van der Waals surface area (Å²) in [6.45, 7) is 1.25. The van der Waals surface area contributed by atoms with E-state index in [0.29, 0.717) is 12.1 Å². The number of ether oxygens (including phenoxy) is 1. The number of halogens is 3. The predicted octanol–water partition coefficient (Wildman–Crippen LogP) is 2.75. The number of rotatable bonds is 7. The highest BCUT2D eigenvalue weighted by Gasteiger charge is 2.17. The number of nitrogens with zero attached hydrogens (tertiary/aromatic N) is 1. The summed E-state index contributed by atoms with van der Waals surface area (Å²) in [5.41, 5.74) is 5.76. The average molecular weight is 351 g/mol. The van der Waals surface area contributed by atoms with Gasteiger partial charge in [-0.1, -0.05) is 15.9 Å². The summed E-state index contributed by atoms with van der Waals surface area (Å²) in [6, 6.07) is 4.82. The normalized spacial score (nSPS) is 11.4. The SMILES string of the molecule is CC(C)N(CC(N)=O)Cc1cc(Br)ccc1OC(F)F. The number of nitrogens with two attached hydrogens (primary N) is 1. The fourth-order valence-electron chi connectivity index (χ4n) is 1.72. The van der Waals surface area contributed by atoms with Crippen LogP contribution in [0.5, 0.6) is 5.75 Å². The number of alkyl halides is 2. The van der Waals surface area contributed by atoms with E-state index in [1.807, 2.05) is 13.8 Å². The number of benzene rings is 1. The molecule has 112 valence electrons. The number of carbonyl (C=O) groups excluding carboxylic acids is 1. The van der Waals surface area contributed by atoms with Gasteiger partial charge in [-0.05, 0) is 32.0 Å². The van der Waals surface area contributed by atoms with Gasteiger partial charge in [0.25, 0.3) is 0 Å². The highest BCUT2D eigenvalue weighted by molar-refractivity contribution is 9.10. The third-order valence-electron chi connectivity index (χ3n) is 2.70. The number of hydrogen-bond donors (Lipinski definition) is 1. The Bertz CT molecular complexity index is 470. The van der Waals surface area contributed by atoms with E-state index in [2.05, 4.69) is 20.7 Å². The highest BCUT2D eigenvalue weighted by Crippen LogP contribution is 2.26. The quantitative estimate of drug-likeness (QED) is 0.822. The van der Waals surface area contributed by atoms with Crippen LogP contribution in [0.15, 0.2) is 22.7 Å². The molecule has 0 unspecified atom stereocenters. The summed E-state index contributed by atoms with van der Waals surface area (Å²) in [6.07, 6.45) is 0. The molecular formula is C13H17BrF2N2O2. The van der Waals surface area contributed by atoms with Gasteiger partial charge in [-0.2, -0.15) is 8.78 Å². The van der Waals surface area contributed by atoms with Gasteiger partial charge in [0, 0.05) is 22.6 Å². The Morgan fingerprint density at radius 1 is 1.45 bits per heavy atom. The molecule has 0 saturated heterocycles. The molecule has 0 fully saturated rings. The van der Waals surface area contributed by atoms with E-state index in [1.54, 1.807) is 17.0 Å². The summed E-state index contributed by atoms with van der Waals surface area (Å²) in [4.78, 5) is 12.8. The minimum absolute atomic E-state index is 0.0425. The molecule has 0 heterocycles. The minimum Gasteiger partial charge on any atom is -0.434 e. The molecule has 0 aliphatic heterocycles. The smallest absolute Gasteiger partial charge is 0.387 e. The van der Waals surface area contributed by atoms with Crippen LogP contribution < -0.4 is 10.5 Å². The van der Waals surface area contributed by atoms with Crippen molar-refractivity contribution in [2.24, 2.45) is 5.73 Å². The fourth-order valence-corrected chi connectivity index (χ4v) is 2.13. The van der Waals surface area contributed by atoms with E-state index >= 15 is 0 Å². The van der Waals surface area contributed by atoms with Crippen LogP contribution in [0.25, 0.3) is 0 Å². The summed E-state index contributed by atoms with van der Waals surface area (Å²) in [5, 5.41) is 0.